The Morgan fingerprint density at radius 1 is 0.833 bits per heavy atom. The van der Waals surface area contributed by atoms with Crippen LogP contribution in [0, 0.1) is 0 Å². The Hall–Kier alpha value is -1.82. The van der Waals surface area contributed by atoms with Gasteiger partial charge in [-0.3, -0.25) is 0 Å². The summed E-state index contributed by atoms with van der Waals surface area (Å²) in [4.78, 5) is 0. The molecule has 0 nitrogen and oxygen atoms in total. The van der Waals surface area contributed by atoms with Gasteiger partial charge in [0.2, 0.25) is 0 Å². The largest absolute Gasteiger partial charge is 0.0792 e. The number of rotatable bonds is 0. The van der Waals surface area contributed by atoms with Crippen LogP contribution in [0.1, 0.15) is 47.4 Å². The van der Waals surface area contributed by atoms with E-state index in [1.165, 1.54) is 23.1 Å². The zero-order chi connectivity index (χ0) is 12.1. The maximum absolute atomic E-state index is 2.31. The van der Waals surface area contributed by atoms with Crippen molar-refractivity contribution in [3.63, 3.8) is 0 Å². The first-order valence-electron chi connectivity index (χ1n) is 6.75. The molecule has 0 radical (unpaired) electrons. The molecule has 0 spiro atoms. The average molecular weight is 232 g/mol. The SMILES string of the molecule is CC=C1c2ccccc2C2C[C@@H]2c2ccccc21. The van der Waals surface area contributed by atoms with Crippen LogP contribution in [0.3, 0.4) is 0 Å². The molecule has 2 aromatic rings. The molecule has 4 rings (SSSR count). The molecule has 2 aliphatic rings. The third-order valence-corrected chi connectivity index (χ3v) is 4.38. The summed E-state index contributed by atoms with van der Waals surface area (Å²) in [6, 6.07) is 17.9. The highest BCUT2D eigenvalue weighted by molar-refractivity contribution is 5.85. The highest BCUT2D eigenvalue weighted by atomic mass is 14.5. The Bertz CT molecular complexity index is 595. The molecule has 0 amide bonds. The van der Waals surface area contributed by atoms with Crippen LogP contribution in [0.2, 0.25) is 0 Å². The van der Waals surface area contributed by atoms with Crippen molar-refractivity contribution >= 4 is 5.57 Å². The fourth-order valence-corrected chi connectivity index (χ4v) is 3.47. The maximum atomic E-state index is 2.31. The van der Waals surface area contributed by atoms with Crippen molar-refractivity contribution in [3.8, 4) is 0 Å². The third-order valence-electron chi connectivity index (χ3n) is 4.38. The minimum absolute atomic E-state index is 0.750. The van der Waals surface area contributed by atoms with E-state index in [0.717, 1.165) is 11.8 Å². The van der Waals surface area contributed by atoms with Crippen molar-refractivity contribution in [2.24, 2.45) is 0 Å². The van der Waals surface area contributed by atoms with Gasteiger partial charge in [0.25, 0.3) is 0 Å². The van der Waals surface area contributed by atoms with Crippen LogP contribution >= 0.6 is 0 Å². The molecule has 2 aliphatic carbocycles. The van der Waals surface area contributed by atoms with Gasteiger partial charge >= 0.3 is 0 Å². The summed E-state index contributed by atoms with van der Waals surface area (Å²) in [6.45, 7) is 2.15. The molecule has 0 bridgehead atoms. The molecule has 0 heterocycles. The van der Waals surface area contributed by atoms with E-state index in [2.05, 4.69) is 61.5 Å². The Kier molecular flexibility index (Phi) is 2.02. The average Bonchev–Trinajstić information content (AvgIpc) is 3.20. The van der Waals surface area contributed by atoms with E-state index < -0.39 is 0 Å². The molecule has 0 heteroatoms. The number of allylic oxidation sites excluding steroid dienone is 1. The summed E-state index contributed by atoms with van der Waals surface area (Å²) in [5.41, 5.74) is 7.39. The van der Waals surface area contributed by atoms with E-state index >= 15 is 0 Å². The summed E-state index contributed by atoms with van der Waals surface area (Å²) < 4.78 is 0. The van der Waals surface area contributed by atoms with Crippen LogP contribution in [0.15, 0.2) is 54.6 Å². The van der Waals surface area contributed by atoms with E-state index in [0.29, 0.717) is 0 Å². The second-order valence-electron chi connectivity index (χ2n) is 5.33. The van der Waals surface area contributed by atoms with Gasteiger partial charge in [0, 0.05) is 0 Å². The van der Waals surface area contributed by atoms with Gasteiger partial charge in [0.15, 0.2) is 0 Å². The fraction of sp³-hybridized carbons (Fsp3) is 0.222. The highest BCUT2D eigenvalue weighted by Gasteiger charge is 2.44. The summed E-state index contributed by atoms with van der Waals surface area (Å²) >= 11 is 0. The van der Waals surface area contributed by atoms with Crippen LogP contribution in [0.4, 0.5) is 0 Å². The Morgan fingerprint density at radius 3 is 1.83 bits per heavy atom. The standard InChI is InChI=1S/C18H16/c1-2-12-13-7-3-5-9-15(13)17-11-18(17)16-10-6-4-8-14(12)16/h2-10,17-18H,11H2,1H3/t17-,18?/m1/s1. The van der Waals surface area contributed by atoms with E-state index in [9.17, 15) is 0 Å². The molecular weight excluding hydrogens is 216 g/mol. The second-order valence-corrected chi connectivity index (χ2v) is 5.33. The topological polar surface area (TPSA) is 0 Å². The lowest BCUT2D eigenvalue weighted by molar-refractivity contribution is 1.03. The van der Waals surface area contributed by atoms with Gasteiger partial charge in [0.05, 0.1) is 0 Å². The molecule has 2 atom stereocenters. The maximum Gasteiger partial charge on any atom is -0.00805 e. The lowest BCUT2D eigenvalue weighted by Crippen LogP contribution is -1.93. The smallest absolute Gasteiger partial charge is 0.00805 e. The van der Waals surface area contributed by atoms with E-state index in [1.54, 1.807) is 11.1 Å². The summed E-state index contributed by atoms with van der Waals surface area (Å²) in [5.74, 6) is 1.50. The van der Waals surface area contributed by atoms with Crippen LogP contribution in [0.25, 0.3) is 5.57 Å². The van der Waals surface area contributed by atoms with Gasteiger partial charge in [-0.1, -0.05) is 54.6 Å². The van der Waals surface area contributed by atoms with Crippen molar-refractivity contribution in [2.75, 3.05) is 0 Å². The molecule has 18 heavy (non-hydrogen) atoms. The molecule has 2 aromatic carbocycles. The van der Waals surface area contributed by atoms with Gasteiger partial charge in [-0.25, -0.2) is 0 Å². The monoisotopic (exact) mass is 232 g/mol. The Morgan fingerprint density at radius 2 is 1.33 bits per heavy atom. The van der Waals surface area contributed by atoms with Gasteiger partial charge in [-0.15, -0.1) is 0 Å². The first-order chi connectivity index (χ1) is 8.90. The first-order valence-corrected chi connectivity index (χ1v) is 6.75. The van der Waals surface area contributed by atoms with Crippen LogP contribution in [-0.2, 0) is 0 Å². The summed E-state index contributed by atoms with van der Waals surface area (Å²) in [5, 5.41) is 0. The van der Waals surface area contributed by atoms with Crippen molar-refractivity contribution in [1.29, 1.82) is 0 Å². The van der Waals surface area contributed by atoms with Crippen LogP contribution < -0.4 is 0 Å². The van der Waals surface area contributed by atoms with Gasteiger partial charge in [-0.2, -0.15) is 0 Å². The molecule has 0 N–H and O–H groups in total. The zero-order valence-electron chi connectivity index (χ0n) is 10.6. The van der Waals surface area contributed by atoms with Crippen LogP contribution in [0.5, 0.6) is 0 Å². The van der Waals surface area contributed by atoms with E-state index in [-0.39, 0.29) is 0 Å². The van der Waals surface area contributed by atoms with Crippen molar-refractivity contribution in [3.05, 3.63) is 76.9 Å². The van der Waals surface area contributed by atoms with Crippen LogP contribution in [-0.4, -0.2) is 0 Å². The van der Waals surface area contributed by atoms with E-state index in [4.69, 9.17) is 0 Å². The predicted octanol–water partition coefficient (Wildman–Crippen LogP) is 4.72. The molecule has 1 unspecified atom stereocenters. The lowest BCUT2D eigenvalue weighted by atomic mass is 9.92. The normalized spacial score (nSPS) is 25.9. The van der Waals surface area contributed by atoms with Crippen molar-refractivity contribution in [2.45, 2.75) is 25.2 Å². The predicted molar refractivity (Wildman–Crippen MR) is 75.7 cm³/mol. The number of hydrogen-bond acceptors (Lipinski definition) is 0. The van der Waals surface area contributed by atoms with Crippen molar-refractivity contribution in [1.82, 2.24) is 0 Å². The van der Waals surface area contributed by atoms with Gasteiger partial charge in [0.1, 0.15) is 0 Å². The molecule has 0 saturated heterocycles. The number of fused-ring (bicyclic) bond motifs is 5. The molecular formula is C18H16. The third kappa shape index (κ3) is 1.26. The summed E-state index contributed by atoms with van der Waals surface area (Å²) in [6.07, 6.45) is 3.59. The highest BCUT2D eigenvalue weighted by Crippen LogP contribution is 2.59. The first kappa shape index (κ1) is 10.1. The molecule has 1 fully saturated rings. The molecule has 0 aliphatic heterocycles. The van der Waals surface area contributed by atoms with Crippen molar-refractivity contribution < 1.29 is 0 Å². The van der Waals surface area contributed by atoms with Gasteiger partial charge < -0.3 is 0 Å². The molecule has 0 aromatic heterocycles. The molecule has 88 valence electrons. The van der Waals surface area contributed by atoms with E-state index in [1.807, 2.05) is 0 Å². The fourth-order valence-electron chi connectivity index (χ4n) is 3.47. The van der Waals surface area contributed by atoms with Gasteiger partial charge in [-0.05, 0) is 53.0 Å². The Labute approximate surface area is 108 Å². The molecule has 1 saturated carbocycles. The minimum Gasteiger partial charge on any atom is -0.0792 e. The number of hydrogen-bond donors (Lipinski definition) is 0. The second kappa shape index (κ2) is 3.58. The Balaban J connectivity index is 2.05. The quantitative estimate of drug-likeness (QED) is 0.616. The lowest BCUT2D eigenvalue weighted by Gasteiger charge is -2.12. The summed E-state index contributed by atoms with van der Waals surface area (Å²) in [7, 11) is 0. The number of benzene rings is 2. The minimum atomic E-state index is 0.750. The zero-order valence-corrected chi connectivity index (χ0v) is 10.6.